The van der Waals surface area contributed by atoms with Crippen molar-refractivity contribution in [3.63, 3.8) is 0 Å². The summed E-state index contributed by atoms with van der Waals surface area (Å²) in [5.41, 5.74) is 1.04. The molecular formula is C49H70O15. The fraction of sp³-hybridized carbons (Fsp3) is 0.755. The number of fused-ring (bicyclic) bond motifs is 7. The summed E-state index contributed by atoms with van der Waals surface area (Å²) in [6, 6.07) is 3.26. The monoisotopic (exact) mass is 898 g/mol. The van der Waals surface area contributed by atoms with Gasteiger partial charge in [-0.2, -0.15) is 0 Å². The largest absolute Gasteiger partial charge is 0.504 e. The van der Waals surface area contributed by atoms with Gasteiger partial charge in [-0.3, -0.25) is 4.79 Å². The lowest BCUT2D eigenvalue weighted by molar-refractivity contribution is -0.365. The molecule has 0 aromatic heterocycles. The lowest BCUT2D eigenvalue weighted by Gasteiger charge is -2.68. The highest BCUT2D eigenvalue weighted by atomic mass is 16.7. The fourth-order valence-corrected chi connectivity index (χ4v) is 13.9. The van der Waals surface area contributed by atoms with Gasteiger partial charge >= 0.3 is 5.97 Å². The Bertz CT molecular complexity index is 2030. The number of hydrogen-bond donors (Lipinski definition) is 8. The van der Waals surface area contributed by atoms with Crippen molar-refractivity contribution in [3.8, 4) is 11.5 Å². The molecule has 5 aliphatic carbocycles. The Labute approximate surface area is 375 Å². The number of ether oxygens (including phenoxy) is 5. The van der Waals surface area contributed by atoms with Crippen LogP contribution in [0.3, 0.4) is 0 Å². The highest BCUT2D eigenvalue weighted by Crippen LogP contribution is 2.74. The summed E-state index contributed by atoms with van der Waals surface area (Å²) in [7, 11) is 0. The number of aliphatic hydroxyl groups is 6. The first-order valence-corrected chi connectivity index (χ1v) is 23.2. The van der Waals surface area contributed by atoms with Gasteiger partial charge in [-0.1, -0.05) is 72.6 Å². The summed E-state index contributed by atoms with van der Waals surface area (Å²) in [5.74, 6) is -0.506. The van der Waals surface area contributed by atoms with Crippen molar-refractivity contribution in [3.05, 3.63) is 47.1 Å². The second-order valence-electron chi connectivity index (χ2n) is 21.9. The number of aromatic hydroxyl groups is 2. The van der Waals surface area contributed by atoms with Crippen LogP contribution >= 0.6 is 0 Å². The smallest absolute Gasteiger partial charge is 0.338 e. The standard InChI is InChI=1S/C49H70O15/c1-23-11-14-46(5)17-18-48(7)26(34(46)24(23)2)20-29(53)41-47(6)15-13-33(45(3,4)32(47)12-16-49(41,48)8)63-43-39(58)37(56)40(30(21-50)61-43)64-44-38(57)36(55)35(54)31(62-44)22-60-42(59)25-9-10-27(51)28(52)19-25/h9-10,12,19-20,23-24,30-31,33-41,43-44,50-52,54-58H,11,13-18,21-22H2,1-8H3. The Hall–Kier alpha value is -2.96. The first kappa shape index (κ1) is 47.5. The molecule has 7 aliphatic rings. The summed E-state index contributed by atoms with van der Waals surface area (Å²) >= 11 is 0. The lowest BCUT2D eigenvalue weighted by atomic mass is 9.35. The van der Waals surface area contributed by atoms with Gasteiger partial charge in [0.1, 0.15) is 55.4 Å². The van der Waals surface area contributed by atoms with Crippen molar-refractivity contribution < 1.29 is 74.1 Å². The van der Waals surface area contributed by atoms with Gasteiger partial charge < -0.3 is 64.5 Å². The molecule has 0 amide bonds. The van der Waals surface area contributed by atoms with Gasteiger partial charge in [0, 0.05) is 11.3 Å². The van der Waals surface area contributed by atoms with Crippen molar-refractivity contribution in [1.29, 1.82) is 0 Å². The number of carbonyl (C=O) groups excluding carboxylic acids is 2. The lowest BCUT2D eigenvalue weighted by Crippen LogP contribution is -2.66. The summed E-state index contributed by atoms with van der Waals surface area (Å²) in [6.45, 7) is 17.1. The molecule has 0 spiro atoms. The second kappa shape index (κ2) is 16.7. The Kier molecular flexibility index (Phi) is 12.4. The average molecular weight is 899 g/mol. The molecule has 0 bridgehead atoms. The fourth-order valence-electron chi connectivity index (χ4n) is 13.9. The van der Waals surface area contributed by atoms with Crippen molar-refractivity contribution in [2.24, 2.45) is 50.7 Å². The van der Waals surface area contributed by atoms with E-state index in [1.54, 1.807) is 0 Å². The van der Waals surface area contributed by atoms with E-state index in [2.05, 4.69) is 67.5 Å². The number of phenolic OH excluding ortho intramolecular Hbond substituents is 2. The molecule has 0 radical (unpaired) electrons. The molecule has 356 valence electrons. The van der Waals surface area contributed by atoms with Crippen LogP contribution in [0, 0.1) is 50.7 Å². The van der Waals surface area contributed by atoms with Gasteiger partial charge in [0.25, 0.3) is 0 Å². The number of phenols is 2. The maximum atomic E-state index is 14.9. The zero-order valence-electron chi connectivity index (χ0n) is 38.3. The number of carbonyl (C=O) groups is 2. The Balaban J connectivity index is 0.959. The minimum atomic E-state index is -1.88. The van der Waals surface area contributed by atoms with Crippen LogP contribution in [0.5, 0.6) is 11.5 Å². The molecular weight excluding hydrogens is 829 g/mol. The Morgan fingerprint density at radius 1 is 0.797 bits per heavy atom. The predicted molar refractivity (Wildman–Crippen MR) is 229 cm³/mol. The predicted octanol–water partition coefficient (Wildman–Crippen LogP) is 4.05. The summed E-state index contributed by atoms with van der Waals surface area (Å²) in [6.07, 6.45) is -5.98. The van der Waals surface area contributed by atoms with Crippen molar-refractivity contribution in [2.75, 3.05) is 13.2 Å². The summed E-state index contributed by atoms with van der Waals surface area (Å²) in [5, 5.41) is 85.1. The van der Waals surface area contributed by atoms with Gasteiger partial charge in [0.05, 0.1) is 18.3 Å². The summed E-state index contributed by atoms with van der Waals surface area (Å²) in [4.78, 5) is 27.5. The van der Waals surface area contributed by atoms with Crippen LogP contribution in [-0.2, 0) is 28.5 Å². The van der Waals surface area contributed by atoms with Gasteiger partial charge in [-0.15, -0.1) is 0 Å². The highest BCUT2D eigenvalue weighted by molar-refractivity contribution is 5.96. The van der Waals surface area contributed by atoms with E-state index in [1.807, 2.05) is 0 Å². The first-order valence-electron chi connectivity index (χ1n) is 23.2. The Morgan fingerprint density at radius 2 is 1.47 bits per heavy atom. The van der Waals surface area contributed by atoms with Crippen molar-refractivity contribution in [2.45, 2.75) is 168 Å². The van der Waals surface area contributed by atoms with Crippen LogP contribution in [0.2, 0.25) is 0 Å². The van der Waals surface area contributed by atoms with E-state index in [9.17, 15) is 50.4 Å². The van der Waals surface area contributed by atoms with Crippen LogP contribution in [0.25, 0.3) is 0 Å². The van der Waals surface area contributed by atoms with E-state index >= 15 is 0 Å². The minimum Gasteiger partial charge on any atom is -0.504 e. The maximum absolute atomic E-state index is 14.9. The summed E-state index contributed by atoms with van der Waals surface area (Å²) < 4.78 is 29.5. The average Bonchev–Trinajstić information content (AvgIpc) is 3.24. The van der Waals surface area contributed by atoms with Crippen molar-refractivity contribution in [1.82, 2.24) is 0 Å². The van der Waals surface area contributed by atoms with Crippen molar-refractivity contribution >= 4 is 11.8 Å². The van der Waals surface area contributed by atoms with Crippen LogP contribution in [0.4, 0.5) is 0 Å². The molecule has 1 aromatic carbocycles. The third kappa shape index (κ3) is 7.30. The molecule has 5 fully saturated rings. The third-order valence-electron chi connectivity index (χ3n) is 18.1. The van der Waals surface area contributed by atoms with Crippen LogP contribution in [0.15, 0.2) is 41.5 Å². The van der Waals surface area contributed by atoms with E-state index in [-0.39, 0.29) is 33.5 Å². The first-order chi connectivity index (χ1) is 29.9. The van der Waals surface area contributed by atoms with E-state index < -0.39 is 109 Å². The number of rotatable bonds is 8. The third-order valence-corrected chi connectivity index (χ3v) is 18.1. The maximum Gasteiger partial charge on any atom is 0.338 e. The van der Waals surface area contributed by atoms with Crippen LogP contribution in [-0.4, -0.2) is 133 Å². The van der Waals surface area contributed by atoms with Gasteiger partial charge in [-0.25, -0.2) is 4.79 Å². The topological polar surface area (TPSA) is 242 Å². The number of ketones is 1. The number of hydrogen-bond acceptors (Lipinski definition) is 15. The highest BCUT2D eigenvalue weighted by Gasteiger charge is 2.69. The number of aliphatic hydroxyl groups excluding tert-OH is 6. The zero-order valence-corrected chi connectivity index (χ0v) is 38.3. The number of esters is 1. The number of allylic oxidation sites excluding steroid dienone is 3. The van der Waals surface area contributed by atoms with Gasteiger partial charge in [0.2, 0.25) is 0 Å². The van der Waals surface area contributed by atoms with Gasteiger partial charge in [0.15, 0.2) is 29.9 Å². The van der Waals surface area contributed by atoms with Crippen LogP contribution < -0.4 is 0 Å². The molecule has 64 heavy (non-hydrogen) atoms. The molecule has 2 aliphatic heterocycles. The van der Waals surface area contributed by atoms with E-state index in [1.165, 1.54) is 24.5 Å². The van der Waals surface area contributed by atoms with E-state index in [0.29, 0.717) is 30.6 Å². The molecule has 3 saturated carbocycles. The van der Waals surface area contributed by atoms with Crippen LogP contribution in [0.1, 0.15) is 111 Å². The number of benzene rings is 1. The van der Waals surface area contributed by atoms with Gasteiger partial charge in [-0.05, 0) is 109 Å². The Morgan fingerprint density at radius 3 is 2.16 bits per heavy atom. The molecule has 8 N–H and O–H groups in total. The van der Waals surface area contributed by atoms with E-state index in [0.717, 1.165) is 37.0 Å². The molecule has 19 atom stereocenters. The minimum absolute atomic E-state index is 0.128. The molecule has 19 unspecified atom stereocenters. The normalized spacial score (nSPS) is 47.5. The second-order valence-corrected chi connectivity index (χ2v) is 21.9. The van der Waals surface area contributed by atoms with E-state index in [4.69, 9.17) is 23.7 Å². The SMILES string of the molecule is CC1CCC2(C)CCC3(C)C(=CC(=O)C4C5(C)CCC(OC6OC(CO)C(OC7OC(COC(=O)c8ccc(O)c(O)c8)C(O)C(O)C7O)C(O)C6O)C(C)(C)C5=CCC43C)C2C1C. The molecule has 15 nitrogen and oxygen atoms in total. The molecule has 2 saturated heterocycles. The quantitative estimate of drug-likeness (QED) is 0.104. The molecule has 15 heteroatoms. The molecule has 8 rings (SSSR count). The zero-order chi connectivity index (χ0) is 46.6. The molecule has 1 aromatic rings. The molecule has 2 heterocycles.